The van der Waals surface area contributed by atoms with Gasteiger partial charge >= 0.3 is 6.09 Å². The Bertz CT molecular complexity index is 559. The number of ether oxygens (including phenoxy) is 1. The van der Waals surface area contributed by atoms with Crippen LogP contribution in [0.15, 0.2) is 54.9 Å². The first-order valence-electron chi connectivity index (χ1n) is 6.07. The van der Waals surface area contributed by atoms with Crippen molar-refractivity contribution in [2.75, 3.05) is 14.1 Å². The highest BCUT2D eigenvalue weighted by Crippen LogP contribution is 2.07. The summed E-state index contributed by atoms with van der Waals surface area (Å²) >= 11 is 0. The molecule has 20 heavy (non-hydrogen) atoms. The number of aromatic nitrogens is 1. The van der Waals surface area contributed by atoms with Gasteiger partial charge < -0.3 is 26.6 Å². The summed E-state index contributed by atoms with van der Waals surface area (Å²) in [6.45, 7) is 0.744. The molecule has 106 valence electrons. The molecule has 1 aromatic carbocycles. The van der Waals surface area contributed by atoms with Gasteiger partial charge in [-0.15, -0.1) is 0 Å². The zero-order valence-corrected chi connectivity index (χ0v) is 13.1. The van der Waals surface area contributed by atoms with Crippen LogP contribution in [0.1, 0.15) is 5.56 Å². The minimum absolute atomic E-state index is 0. The molecule has 2 aromatic rings. The Hall–Kier alpha value is -1.88. The van der Waals surface area contributed by atoms with Crippen LogP contribution < -0.4 is 26.3 Å². The fourth-order valence-corrected chi connectivity index (χ4v) is 1.64. The van der Waals surface area contributed by atoms with E-state index in [1.807, 2.05) is 41.2 Å². The van der Waals surface area contributed by atoms with Gasteiger partial charge in [-0.1, -0.05) is 30.3 Å². The van der Waals surface area contributed by atoms with E-state index < -0.39 is 0 Å². The second-order valence-corrected chi connectivity index (χ2v) is 4.46. The lowest BCUT2D eigenvalue weighted by Gasteiger charge is -2.09. The average Bonchev–Trinajstić information content (AvgIpc) is 2.40. The molecule has 2 rings (SSSR count). The topological polar surface area (TPSA) is 33.4 Å². The number of hydrogen-bond donors (Lipinski definition) is 0. The first-order chi connectivity index (χ1) is 9.15. The molecule has 0 aliphatic carbocycles. The Labute approximate surface area is 129 Å². The largest absolute Gasteiger partial charge is 1.00 e. The van der Waals surface area contributed by atoms with Crippen LogP contribution in [-0.4, -0.2) is 25.1 Å². The first-order valence-corrected chi connectivity index (χ1v) is 6.07. The lowest BCUT2D eigenvalue weighted by molar-refractivity contribution is -0.688. The van der Waals surface area contributed by atoms with Crippen molar-refractivity contribution in [3.8, 4) is 5.75 Å². The summed E-state index contributed by atoms with van der Waals surface area (Å²) in [5, 5.41) is 0. The molecule has 0 radical (unpaired) electrons. The van der Waals surface area contributed by atoms with Gasteiger partial charge in [-0.3, -0.25) is 0 Å². The molecule has 0 bridgehead atoms. The monoisotopic (exact) mass is 336 g/mol. The van der Waals surface area contributed by atoms with E-state index in [1.165, 1.54) is 10.5 Å². The smallest absolute Gasteiger partial charge is 0.414 e. The zero-order chi connectivity index (χ0) is 13.7. The molecule has 0 saturated heterocycles. The minimum Gasteiger partial charge on any atom is -1.00 e. The number of halogens is 1. The SMILES string of the molecule is CN(C)C(=O)Oc1ccc[n+](Cc2ccccc2)c1.[Br-]. The van der Waals surface area contributed by atoms with E-state index in [-0.39, 0.29) is 23.1 Å². The summed E-state index contributed by atoms with van der Waals surface area (Å²) in [6, 6.07) is 13.8. The molecule has 0 aliphatic heterocycles. The van der Waals surface area contributed by atoms with Crippen molar-refractivity contribution in [3.63, 3.8) is 0 Å². The standard InChI is InChI=1S/C15H17N2O2.BrH/c1-16(2)15(18)19-14-9-6-10-17(12-14)11-13-7-4-3-5-8-13;/h3-10,12H,11H2,1-2H3;1H/q+1;/p-1. The number of benzene rings is 1. The normalized spacial score (nSPS) is 9.50. The Morgan fingerprint density at radius 1 is 1.15 bits per heavy atom. The lowest BCUT2D eigenvalue weighted by atomic mass is 10.2. The van der Waals surface area contributed by atoms with Crippen molar-refractivity contribution in [1.82, 2.24) is 4.90 Å². The number of nitrogens with zero attached hydrogens (tertiary/aromatic N) is 2. The van der Waals surface area contributed by atoms with Crippen molar-refractivity contribution < 1.29 is 31.1 Å². The molecule has 0 fully saturated rings. The Balaban J connectivity index is 0.00000200. The highest BCUT2D eigenvalue weighted by Gasteiger charge is 2.10. The fourth-order valence-electron chi connectivity index (χ4n) is 1.64. The summed E-state index contributed by atoms with van der Waals surface area (Å²) in [6.07, 6.45) is 3.38. The maximum absolute atomic E-state index is 11.5. The van der Waals surface area contributed by atoms with Gasteiger partial charge in [-0.2, -0.15) is 4.57 Å². The van der Waals surface area contributed by atoms with E-state index in [1.54, 1.807) is 20.2 Å². The maximum Gasteiger partial charge on any atom is 0.414 e. The molecule has 0 saturated carbocycles. The van der Waals surface area contributed by atoms with E-state index in [0.717, 1.165) is 6.54 Å². The third-order valence-electron chi connectivity index (χ3n) is 2.61. The molecule has 1 aromatic heterocycles. The summed E-state index contributed by atoms with van der Waals surface area (Å²) in [5.74, 6) is 0.539. The van der Waals surface area contributed by atoms with Gasteiger partial charge in [-0.25, -0.2) is 4.79 Å². The summed E-state index contributed by atoms with van der Waals surface area (Å²) in [4.78, 5) is 12.9. The maximum atomic E-state index is 11.5. The number of pyridine rings is 1. The molecule has 0 N–H and O–H groups in total. The fraction of sp³-hybridized carbons (Fsp3) is 0.200. The first kappa shape index (κ1) is 16.2. The van der Waals surface area contributed by atoms with Gasteiger partial charge in [0.2, 0.25) is 6.20 Å². The van der Waals surface area contributed by atoms with Crippen LogP contribution in [0.4, 0.5) is 4.79 Å². The second-order valence-electron chi connectivity index (χ2n) is 4.46. The zero-order valence-electron chi connectivity index (χ0n) is 11.5. The molecule has 0 aliphatic rings. The summed E-state index contributed by atoms with van der Waals surface area (Å²) in [7, 11) is 3.31. The highest BCUT2D eigenvalue weighted by atomic mass is 79.9. The van der Waals surface area contributed by atoms with Crippen molar-refractivity contribution in [2.45, 2.75) is 6.54 Å². The van der Waals surface area contributed by atoms with Gasteiger partial charge in [0.15, 0.2) is 18.5 Å². The molecule has 0 spiro atoms. The number of rotatable bonds is 3. The second kappa shape index (κ2) is 7.65. The van der Waals surface area contributed by atoms with Gasteiger partial charge in [0, 0.05) is 25.7 Å². The summed E-state index contributed by atoms with van der Waals surface area (Å²) < 4.78 is 7.20. The van der Waals surface area contributed by atoms with E-state index >= 15 is 0 Å². The van der Waals surface area contributed by atoms with E-state index in [0.29, 0.717) is 5.75 Å². The third-order valence-corrected chi connectivity index (χ3v) is 2.61. The number of amides is 1. The predicted octanol–water partition coefficient (Wildman–Crippen LogP) is -0.913. The quantitative estimate of drug-likeness (QED) is 0.680. The number of carbonyl (C=O) groups excluding carboxylic acids is 1. The van der Waals surface area contributed by atoms with Gasteiger partial charge in [0.1, 0.15) is 0 Å². The van der Waals surface area contributed by atoms with E-state index in [2.05, 4.69) is 12.1 Å². The average molecular weight is 337 g/mol. The van der Waals surface area contributed by atoms with Gasteiger partial charge in [0.25, 0.3) is 0 Å². The van der Waals surface area contributed by atoms with Gasteiger partial charge in [-0.05, 0) is 6.07 Å². The molecular formula is C15H17BrN2O2. The number of hydrogen-bond acceptors (Lipinski definition) is 2. The van der Waals surface area contributed by atoms with Crippen LogP contribution in [0.3, 0.4) is 0 Å². The van der Waals surface area contributed by atoms with Crippen molar-refractivity contribution in [1.29, 1.82) is 0 Å². The van der Waals surface area contributed by atoms with Crippen LogP contribution in [-0.2, 0) is 6.54 Å². The molecule has 0 atom stereocenters. The van der Waals surface area contributed by atoms with E-state index in [9.17, 15) is 4.79 Å². The molecule has 1 heterocycles. The Kier molecular flexibility index (Phi) is 6.18. The van der Waals surface area contributed by atoms with Gasteiger partial charge in [0.05, 0.1) is 0 Å². The molecule has 0 unspecified atom stereocenters. The van der Waals surface area contributed by atoms with Crippen molar-refractivity contribution in [2.24, 2.45) is 0 Å². The van der Waals surface area contributed by atoms with Crippen LogP contribution in [0.2, 0.25) is 0 Å². The lowest BCUT2D eigenvalue weighted by Crippen LogP contribution is -3.00. The van der Waals surface area contributed by atoms with Crippen LogP contribution in [0.25, 0.3) is 0 Å². The van der Waals surface area contributed by atoms with Crippen molar-refractivity contribution in [3.05, 3.63) is 60.4 Å². The van der Waals surface area contributed by atoms with Crippen LogP contribution in [0.5, 0.6) is 5.75 Å². The van der Waals surface area contributed by atoms with E-state index in [4.69, 9.17) is 4.74 Å². The third kappa shape index (κ3) is 4.66. The Morgan fingerprint density at radius 2 is 1.85 bits per heavy atom. The van der Waals surface area contributed by atoms with Crippen LogP contribution in [0, 0.1) is 0 Å². The molecule has 5 heteroatoms. The van der Waals surface area contributed by atoms with Crippen LogP contribution >= 0.6 is 0 Å². The molecule has 1 amide bonds. The minimum atomic E-state index is -0.377. The van der Waals surface area contributed by atoms with Crippen molar-refractivity contribution >= 4 is 6.09 Å². The summed E-state index contributed by atoms with van der Waals surface area (Å²) in [5.41, 5.74) is 1.20. The number of carbonyl (C=O) groups is 1. The molecular weight excluding hydrogens is 320 g/mol. The molecule has 4 nitrogen and oxygen atoms in total. The Morgan fingerprint density at radius 3 is 2.50 bits per heavy atom. The highest BCUT2D eigenvalue weighted by molar-refractivity contribution is 5.69. The predicted molar refractivity (Wildman–Crippen MR) is 71.9 cm³/mol.